The van der Waals surface area contributed by atoms with Crippen molar-refractivity contribution in [3.63, 3.8) is 0 Å². The molecule has 6 heteroatoms. The van der Waals surface area contributed by atoms with Crippen LogP contribution in [0.5, 0.6) is 5.75 Å². The van der Waals surface area contributed by atoms with Gasteiger partial charge < -0.3 is 9.47 Å². The number of para-hydroxylation sites is 1. The standard InChI is InChI=1S/C28H30ClNO4/c1-5-16(2)34-28(32)25-17(3)30-22-14-19(18-10-12-20(29)13-11-18)15-23(31)27(22)26(25)21-8-6-7-9-24(21)33-4/h6-13,16,19,25-26H,5,14-15H2,1-4H3/t16-,19+,25?,26-/m0/s1. The van der Waals surface area contributed by atoms with Crippen molar-refractivity contribution in [3.05, 3.63) is 76.0 Å². The van der Waals surface area contributed by atoms with Crippen molar-refractivity contribution < 1.29 is 19.1 Å². The molecule has 1 unspecified atom stereocenters. The number of rotatable bonds is 6. The smallest absolute Gasteiger partial charge is 0.315 e. The lowest BCUT2D eigenvalue weighted by Gasteiger charge is -2.37. The number of ketones is 1. The maximum absolute atomic E-state index is 13.7. The van der Waals surface area contributed by atoms with Crippen molar-refractivity contribution in [1.82, 2.24) is 0 Å². The van der Waals surface area contributed by atoms with Gasteiger partial charge in [-0.15, -0.1) is 0 Å². The number of aliphatic imine (C=N–C) groups is 1. The Bertz CT molecular complexity index is 1150. The Balaban J connectivity index is 1.81. The van der Waals surface area contributed by atoms with Crippen LogP contribution in [0.15, 0.2) is 64.8 Å². The fourth-order valence-electron chi connectivity index (χ4n) is 4.95. The van der Waals surface area contributed by atoms with E-state index in [0.717, 1.165) is 16.8 Å². The third-order valence-electron chi connectivity index (χ3n) is 6.85. The first-order valence-corrected chi connectivity index (χ1v) is 12.1. The van der Waals surface area contributed by atoms with Gasteiger partial charge in [0.15, 0.2) is 5.78 Å². The van der Waals surface area contributed by atoms with E-state index in [4.69, 9.17) is 26.1 Å². The number of carbonyl (C=O) groups is 2. The summed E-state index contributed by atoms with van der Waals surface area (Å²) in [4.78, 5) is 31.9. The Morgan fingerprint density at radius 1 is 1.15 bits per heavy atom. The van der Waals surface area contributed by atoms with Gasteiger partial charge >= 0.3 is 5.97 Å². The minimum Gasteiger partial charge on any atom is -0.496 e. The van der Waals surface area contributed by atoms with Gasteiger partial charge in [0, 0.05) is 39.9 Å². The third-order valence-corrected chi connectivity index (χ3v) is 7.10. The molecule has 2 aromatic rings. The zero-order valence-electron chi connectivity index (χ0n) is 20.0. The van der Waals surface area contributed by atoms with E-state index in [1.54, 1.807) is 7.11 Å². The molecule has 5 nitrogen and oxygen atoms in total. The third kappa shape index (κ3) is 4.67. The van der Waals surface area contributed by atoms with Gasteiger partial charge in [-0.2, -0.15) is 0 Å². The minimum absolute atomic E-state index is 0.00898. The lowest BCUT2D eigenvalue weighted by Crippen LogP contribution is -2.39. The number of nitrogens with zero attached hydrogens (tertiary/aromatic N) is 1. The quantitative estimate of drug-likeness (QED) is 0.458. The number of benzene rings is 2. The molecule has 34 heavy (non-hydrogen) atoms. The van der Waals surface area contributed by atoms with Crippen LogP contribution >= 0.6 is 11.6 Å². The summed E-state index contributed by atoms with van der Waals surface area (Å²) < 4.78 is 11.4. The Hall–Kier alpha value is -2.92. The van der Waals surface area contributed by atoms with Gasteiger partial charge in [0.05, 0.1) is 13.2 Å². The molecule has 0 spiro atoms. The van der Waals surface area contributed by atoms with Crippen molar-refractivity contribution in [2.24, 2.45) is 10.9 Å². The molecular formula is C28H30ClNO4. The topological polar surface area (TPSA) is 65.0 Å². The van der Waals surface area contributed by atoms with Crippen LogP contribution in [-0.2, 0) is 14.3 Å². The first kappa shape index (κ1) is 24.2. The number of methoxy groups -OCH3 is 1. The number of Topliss-reactive ketones (excluding diaryl/α,β-unsaturated/α-hetero) is 1. The lowest BCUT2D eigenvalue weighted by atomic mass is 9.69. The van der Waals surface area contributed by atoms with Gasteiger partial charge in [0.1, 0.15) is 11.7 Å². The molecule has 2 aliphatic rings. The van der Waals surface area contributed by atoms with Gasteiger partial charge in [-0.1, -0.05) is 48.9 Å². The highest BCUT2D eigenvalue weighted by molar-refractivity contribution is 6.30. The Morgan fingerprint density at radius 3 is 2.53 bits per heavy atom. The number of hydrogen-bond acceptors (Lipinski definition) is 5. The molecule has 4 rings (SSSR count). The van der Waals surface area contributed by atoms with Crippen molar-refractivity contribution >= 4 is 29.1 Å². The van der Waals surface area contributed by atoms with Crippen LogP contribution in [0.25, 0.3) is 0 Å². The summed E-state index contributed by atoms with van der Waals surface area (Å²) in [7, 11) is 1.60. The molecule has 0 saturated carbocycles. The predicted octanol–water partition coefficient (Wildman–Crippen LogP) is 6.27. The molecule has 0 bridgehead atoms. The van der Waals surface area contributed by atoms with E-state index in [9.17, 15) is 9.59 Å². The molecule has 4 atom stereocenters. The van der Waals surface area contributed by atoms with Gasteiger partial charge in [-0.05, 0) is 56.4 Å². The Kier molecular flexibility index (Phi) is 7.22. The first-order chi connectivity index (χ1) is 16.3. The van der Waals surface area contributed by atoms with Gasteiger partial charge in [0.2, 0.25) is 0 Å². The highest BCUT2D eigenvalue weighted by Crippen LogP contribution is 2.48. The van der Waals surface area contributed by atoms with E-state index in [2.05, 4.69) is 0 Å². The summed E-state index contributed by atoms with van der Waals surface area (Å²) in [6, 6.07) is 15.2. The van der Waals surface area contributed by atoms with Gasteiger partial charge in [0.25, 0.3) is 0 Å². The summed E-state index contributed by atoms with van der Waals surface area (Å²) in [6.45, 7) is 5.70. The predicted molar refractivity (Wildman–Crippen MR) is 134 cm³/mol. The van der Waals surface area contributed by atoms with Crippen LogP contribution in [0.4, 0.5) is 0 Å². The maximum Gasteiger partial charge on any atom is 0.315 e. The molecule has 2 aromatic carbocycles. The summed E-state index contributed by atoms with van der Waals surface area (Å²) in [5, 5.41) is 0.663. The van der Waals surface area contributed by atoms with Crippen LogP contribution in [0.3, 0.4) is 0 Å². The maximum atomic E-state index is 13.7. The normalized spacial score (nSPS) is 23.1. The lowest BCUT2D eigenvalue weighted by molar-refractivity contribution is -0.151. The fourth-order valence-corrected chi connectivity index (χ4v) is 5.08. The molecule has 0 fully saturated rings. The number of esters is 1. The molecule has 0 saturated heterocycles. The van der Waals surface area contributed by atoms with E-state index < -0.39 is 11.8 Å². The van der Waals surface area contributed by atoms with Crippen LogP contribution < -0.4 is 4.74 Å². The SMILES string of the molecule is CC[C@H](C)OC(=O)C1C(C)=NC2=C(C(=O)C[C@H](c3ccc(Cl)cc3)C2)[C@H]1c1ccccc1OC. The number of halogens is 1. The summed E-state index contributed by atoms with van der Waals surface area (Å²) in [6.07, 6.45) is 1.47. The van der Waals surface area contributed by atoms with Crippen molar-refractivity contribution in [2.75, 3.05) is 7.11 Å². The van der Waals surface area contributed by atoms with Crippen molar-refractivity contribution in [1.29, 1.82) is 0 Å². The Labute approximate surface area is 205 Å². The summed E-state index contributed by atoms with van der Waals surface area (Å²) >= 11 is 6.06. The minimum atomic E-state index is -0.680. The second-order valence-electron chi connectivity index (χ2n) is 9.05. The van der Waals surface area contributed by atoms with E-state index in [0.29, 0.717) is 41.3 Å². The molecule has 0 radical (unpaired) electrons. The summed E-state index contributed by atoms with van der Waals surface area (Å²) in [5.74, 6) is -0.871. The second kappa shape index (κ2) is 10.1. The van der Waals surface area contributed by atoms with Crippen LogP contribution in [0.2, 0.25) is 5.02 Å². The van der Waals surface area contributed by atoms with Crippen molar-refractivity contribution in [2.45, 2.75) is 58.0 Å². The van der Waals surface area contributed by atoms with E-state index >= 15 is 0 Å². The van der Waals surface area contributed by atoms with Gasteiger partial charge in [-0.3, -0.25) is 14.6 Å². The molecular weight excluding hydrogens is 450 g/mol. The largest absolute Gasteiger partial charge is 0.496 e. The Morgan fingerprint density at radius 2 is 1.85 bits per heavy atom. The highest BCUT2D eigenvalue weighted by atomic mass is 35.5. The monoisotopic (exact) mass is 479 g/mol. The molecule has 0 N–H and O–H groups in total. The summed E-state index contributed by atoms with van der Waals surface area (Å²) in [5.41, 5.74) is 3.87. The van der Waals surface area contributed by atoms with Crippen molar-refractivity contribution in [3.8, 4) is 5.75 Å². The second-order valence-corrected chi connectivity index (χ2v) is 9.48. The molecule has 1 heterocycles. The van der Waals surface area contributed by atoms with E-state index in [1.165, 1.54) is 0 Å². The molecule has 1 aliphatic carbocycles. The molecule has 0 amide bonds. The van der Waals surface area contributed by atoms with Gasteiger partial charge in [-0.25, -0.2) is 0 Å². The number of carbonyl (C=O) groups excluding carboxylic acids is 2. The van der Waals surface area contributed by atoms with Crippen LogP contribution in [0, 0.1) is 5.92 Å². The molecule has 1 aliphatic heterocycles. The number of ether oxygens (including phenoxy) is 2. The zero-order chi connectivity index (χ0) is 24.4. The molecule has 0 aromatic heterocycles. The average Bonchev–Trinajstić information content (AvgIpc) is 2.83. The number of hydrogen-bond donors (Lipinski definition) is 0. The van der Waals surface area contributed by atoms with E-state index in [-0.39, 0.29) is 23.8 Å². The first-order valence-electron chi connectivity index (χ1n) is 11.7. The highest BCUT2D eigenvalue weighted by Gasteiger charge is 2.45. The average molecular weight is 480 g/mol. The van der Waals surface area contributed by atoms with E-state index in [1.807, 2.05) is 69.3 Å². The number of allylic oxidation sites excluding steroid dienone is 2. The molecule has 178 valence electrons. The zero-order valence-corrected chi connectivity index (χ0v) is 20.8. The fraction of sp³-hybridized carbons (Fsp3) is 0.393. The van der Waals surface area contributed by atoms with Crippen LogP contribution in [-0.4, -0.2) is 30.7 Å². The van der Waals surface area contributed by atoms with Crippen LogP contribution in [0.1, 0.15) is 63.0 Å².